The fourth-order valence-electron chi connectivity index (χ4n) is 3.08. The summed E-state index contributed by atoms with van der Waals surface area (Å²) in [5.41, 5.74) is 2.14. The maximum absolute atomic E-state index is 13.0. The number of aryl methyl sites for hydroxylation is 1. The number of halogens is 1. The van der Waals surface area contributed by atoms with Crippen molar-refractivity contribution in [3.63, 3.8) is 0 Å². The lowest BCUT2D eigenvalue weighted by Gasteiger charge is -2.24. The van der Waals surface area contributed by atoms with Gasteiger partial charge in [0, 0.05) is 11.6 Å². The van der Waals surface area contributed by atoms with E-state index in [1.807, 2.05) is 36.4 Å². The molecule has 0 amide bonds. The van der Waals surface area contributed by atoms with Crippen molar-refractivity contribution < 1.29 is 8.42 Å². The van der Waals surface area contributed by atoms with Crippen LogP contribution < -0.4 is 0 Å². The highest BCUT2D eigenvalue weighted by molar-refractivity contribution is 7.89. The van der Waals surface area contributed by atoms with Crippen LogP contribution in [0.5, 0.6) is 0 Å². The second-order valence-corrected chi connectivity index (χ2v) is 8.15. The number of sulfonamides is 1. The number of benzene rings is 2. The van der Waals surface area contributed by atoms with E-state index in [1.165, 1.54) is 0 Å². The Kier molecular flexibility index (Phi) is 4.76. The summed E-state index contributed by atoms with van der Waals surface area (Å²) in [6.07, 6.45) is 2.62. The van der Waals surface area contributed by atoms with E-state index in [0.29, 0.717) is 16.5 Å². The van der Waals surface area contributed by atoms with Gasteiger partial charge in [-0.1, -0.05) is 42.8 Å². The molecule has 3 nitrogen and oxygen atoms in total. The second kappa shape index (κ2) is 6.63. The fraction of sp³-hybridized carbons (Fsp3) is 0.333. The monoisotopic (exact) mass is 349 g/mol. The van der Waals surface area contributed by atoms with Crippen LogP contribution in [0.2, 0.25) is 5.02 Å². The molecule has 1 heterocycles. The van der Waals surface area contributed by atoms with Gasteiger partial charge in [-0.3, -0.25) is 0 Å². The molecule has 0 aliphatic carbocycles. The minimum absolute atomic E-state index is 0.108. The van der Waals surface area contributed by atoms with Crippen LogP contribution in [0.4, 0.5) is 0 Å². The lowest BCUT2D eigenvalue weighted by molar-refractivity contribution is 0.396. The Bertz CT molecular complexity index is 770. The first-order chi connectivity index (χ1) is 11.0. The Morgan fingerprint density at radius 3 is 2.35 bits per heavy atom. The summed E-state index contributed by atoms with van der Waals surface area (Å²) in [5.74, 6) is 0. The highest BCUT2D eigenvalue weighted by Gasteiger charge is 2.36. The SMILES string of the molecule is CCc1ccc(S(=O)(=O)N2CCCC2c2ccc(Cl)cc2)cc1. The lowest BCUT2D eigenvalue weighted by atomic mass is 10.1. The second-order valence-electron chi connectivity index (χ2n) is 5.82. The van der Waals surface area contributed by atoms with E-state index in [0.717, 1.165) is 30.4 Å². The molecule has 2 aromatic rings. The highest BCUT2D eigenvalue weighted by Crippen LogP contribution is 2.36. The number of hydrogen-bond acceptors (Lipinski definition) is 2. The maximum atomic E-state index is 13.0. The Hall–Kier alpha value is -1.36. The predicted octanol–water partition coefficient (Wildman–Crippen LogP) is 4.43. The van der Waals surface area contributed by atoms with Gasteiger partial charge in [0.2, 0.25) is 10.0 Å². The topological polar surface area (TPSA) is 37.4 Å². The predicted molar refractivity (Wildman–Crippen MR) is 93.1 cm³/mol. The zero-order valence-electron chi connectivity index (χ0n) is 13.1. The van der Waals surface area contributed by atoms with Crippen molar-refractivity contribution >= 4 is 21.6 Å². The number of rotatable bonds is 4. The van der Waals surface area contributed by atoms with E-state index in [1.54, 1.807) is 16.4 Å². The lowest BCUT2D eigenvalue weighted by Crippen LogP contribution is -2.30. The summed E-state index contributed by atoms with van der Waals surface area (Å²) in [6.45, 7) is 2.62. The molecular weight excluding hydrogens is 330 g/mol. The summed E-state index contributed by atoms with van der Waals surface area (Å²) < 4.78 is 27.6. The molecule has 1 aliphatic heterocycles. The van der Waals surface area contributed by atoms with Crippen LogP contribution in [-0.4, -0.2) is 19.3 Å². The molecule has 5 heteroatoms. The van der Waals surface area contributed by atoms with Crippen LogP contribution in [-0.2, 0) is 16.4 Å². The summed E-state index contributed by atoms with van der Waals surface area (Å²) in [6, 6.07) is 14.6. The van der Waals surface area contributed by atoms with Crippen LogP contribution >= 0.6 is 11.6 Å². The molecule has 1 fully saturated rings. The first-order valence-corrected chi connectivity index (χ1v) is 9.70. The third kappa shape index (κ3) is 3.30. The zero-order chi connectivity index (χ0) is 16.4. The minimum Gasteiger partial charge on any atom is -0.207 e. The van der Waals surface area contributed by atoms with Gasteiger partial charge in [-0.2, -0.15) is 4.31 Å². The molecule has 1 unspecified atom stereocenters. The van der Waals surface area contributed by atoms with E-state index in [9.17, 15) is 8.42 Å². The molecule has 3 rings (SSSR count). The molecule has 0 bridgehead atoms. The van der Waals surface area contributed by atoms with E-state index >= 15 is 0 Å². The van der Waals surface area contributed by atoms with Crippen molar-refractivity contribution in [1.82, 2.24) is 4.31 Å². The average molecular weight is 350 g/mol. The largest absolute Gasteiger partial charge is 0.243 e. The Morgan fingerprint density at radius 2 is 1.74 bits per heavy atom. The summed E-state index contributed by atoms with van der Waals surface area (Å²) in [4.78, 5) is 0.371. The zero-order valence-corrected chi connectivity index (χ0v) is 14.6. The van der Waals surface area contributed by atoms with Gasteiger partial charge < -0.3 is 0 Å². The van der Waals surface area contributed by atoms with Gasteiger partial charge in [0.1, 0.15) is 0 Å². The molecule has 0 radical (unpaired) electrons. The number of nitrogens with zero attached hydrogens (tertiary/aromatic N) is 1. The summed E-state index contributed by atoms with van der Waals surface area (Å²) in [5, 5.41) is 0.663. The molecule has 0 spiro atoms. The molecule has 1 aliphatic rings. The third-order valence-electron chi connectivity index (χ3n) is 4.40. The molecule has 0 N–H and O–H groups in total. The van der Waals surface area contributed by atoms with Crippen molar-refractivity contribution in [2.75, 3.05) is 6.54 Å². The normalized spacial score (nSPS) is 19.1. The van der Waals surface area contributed by atoms with Crippen LogP contribution in [0, 0.1) is 0 Å². The number of hydrogen-bond donors (Lipinski definition) is 0. The van der Waals surface area contributed by atoms with Gasteiger partial charge in [-0.25, -0.2) is 8.42 Å². The fourth-order valence-corrected chi connectivity index (χ4v) is 4.89. The van der Waals surface area contributed by atoms with Crippen molar-refractivity contribution in [2.24, 2.45) is 0 Å². The standard InChI is InChI=1S/C18H20ClNO2S/c1-2-14-5-11-17(12-6-14)23(21,22)20-13-3-4-18(20)15-7-9-16(19)10-8-15/h5-12,18H,2-4,13H2,1H3. The summed E-state index contributed by atoms with van der Waals surface area (Å²) >= 11 is 5.94. The molecule has 122 valence electrons. The first-order valence-electron chi connectivity index (χ1n) is 7.88. The van der Waals surface area contributed by atoms with Gasteiger partial charge in [-0.15, -0.1) is 0 Å². The molecule has 1 atom stereocenters. The van der Waals surface area contributed by atoms with Gasteiger partial charge in [0.05, 0.1) is 10.9 Å². The molecular formula is C18H20ClNO2S. The Labute approximate surface area is 142 Å². The average Bonchev–Trinajstić information content (AvgIpc) is 3.06. The third-order valence-corrected chi connectivity index (χ3v) is 6.57. The van der Waals surface area contributed by atoms with Gasteiger partial charge in [0.25, 0.3) is 0 Å². The molecule has 0 saturated carbocycles. The highest BCUT2D eigenvalue weighted by atomic mass is 35.5. The van der Waals surface area contributed by atoms with Crippen molar-refractivity contribution in [1.29, 1.82) is 0 Å². The van der Waals surface area contributed by atoms with Gasteiger partial charge >= 0.3 is 0 Å². The van der Waals surface area contributed by atoms with Crippen LogP contribution in [0.15, 0.2) is 53.4 Å². The van der Waals surface area contributed by atoms with Gasteiger partial charge in [-0.05, 0) is 54.7 Å². The Morgan fingerprint density at radius 1 is 1.09 bits per heavy atom. The van der Waals surface area contributed by atoms with Crippen molar-refractivity contribution in [3.05, 3.63) is 64.7 Å². The van der Waals surface area contributed by atoms with Crippen molar-refractivity contribution in [2.45, 2.75) is 37.1 Å². The van der Waals surface area contributed by atoms with Crippen LogP contribution in [0.1, 0.15) is 36.9 Å². The smallest absolute Gasteiger partial charge is 0.207 e. The molecule has 2 aromatic carbocycles. The Balaban J connectivity index is 1.92. The van der Waals surface area contributed by atoms with Crippen LogP contribution in [0.3, 0.4) is 0 Å². The van der Waals surface area contributed by atoms with E-state index < -0.39 is 10.0 Å². The van der Waals surface area contributed by atoms with Crippen molar-refractivity contribution in [3.8, 4) is 0 Å². The van der Waals surface area contributed by atoms with Gasteiger partial charge in [0.15, 0.2) is 0 Å². The molecule has 1 saturated heterocycles. The molecule has 23 heavy (non-hydrogen) atoms. The first kappa shape index (κ1) is 16.5. The molecule has 0 aromatic heterocycles. The van der Waals surface area contributed by atoms with E-state index in [2.05, 4.69) is 6.92 Å². The minimum atomic E-state index is -3.47. The quantitative estimate of drug-likeness (QED) is 0.818. The van der Waals surface area contributed by atoms with Crippen LogP contribution in [0.25, 0.3) is 0 Å². The van der Waals surface area contributed by atoms with E-state index in [-0.39, 0.29) is 6.04 Å². The summed E-state index contributed by atoms with van der Waals surface area (Å²) in [7, 11) is -3.47. The maximum Gasteiger partial charge on any atom is 0.243 e. The van der Waals surface area contributed by atoms with E-state index in [4.69, 9.17) is 11.6 Å².